The number of ether oxygens (including phenoxy) is 1. The molecule has 0 spiro atoms. The quantitative estimate of drug-likeness (QED) is 0.329. The van der Waals surface area contributed by atoms with Crippen molar-refractivity contribution in [3.8, 4) is 28.3 Å². The number of rotatable bonds is 8. The summed E-state index contributed by atoms with van der Waals surface area (Å²) in [5.41, 5.74) is 6.51. The number of anilines is 1. The van der Waals surface area contributed by atoms with Gasteiger partial charge in [0.15, 0.2) is 0 Å². The molecule has 34 heavy (non-hydrogen) atoms. The number of fused-ring (bicyclic) bond motifs is 1. The van der Waals surface area contributed by atoms with E-state index in [1.165, 1.54) is 0 Å². The van der Waals surface area contributed by atoms with E-state index in [1.807, 2.05) is 60.7 Å². The van der Waals surface area contributed by atoms with E-state index >= 15 is 0 Å². The van der Waals surface area contributed by atoms with E-state index in [2.05, 4.69) is 50.0 Å². The molecule has 8 nitrogen and oxygen atoms in total. The summed E-state index contributed by atoms with van der Waals surface area (Å²) in [6, 6.07) is 23.7. The third-order valence-electron chi connectivity index (χ3n) is 5.58. The van der Waals surface area contributed by atoms with Gasteiger partial charge in [0, 0.05) is 28.4 Å². The number of aryl methyl sites for hydroxylation is 1. The van der Waals surface area contributed by atoms with Crippen LogP contribution in [0.15, 0.2) is 72.8 Å². The number of nitrogens with zero attached hydrogens (tertiary/aromatic N) is 4. The van der Waals surface area contributed by atoms with Crippen LogP contribution in [-0.4, -0.2) is 32.0 Å². The summed E-state index contributed by atoms with van der Waals surface area (Å²) in [6.45, 7) is 2.46. The molecule has 0 atom stereocenters. The molecule has 2 N–H and O–H groups in total. The van der Waals surface area contributed by atoms with Crippen LogP contribution in [0.25, 0.3) is 33.4 Å². The zero-order valence-electron chi connectivity index (χ0n) is 18.5. The van der Waals surface area contributed by atoms with Gasteiger partial charge in [0.05, 0.1) is 5.52 Å². The average molecular weight is 451 g/mol. The number of amides is 1. The largest absolute Gasteiger partial charge is 0.488 e. The van der Waals surface area contributed by atoms with Crippen LogP contribution in [0, 0.1) is 0 Å². The van der Waals surface area contributed by atoms with E-state index in [-0.39, 0.29) is 0 Å². The van der Waals surface area contributed by atoms with Crippen LogP contribution in [0.3, 0.4) is 0 Å². The van der Waals surface area contributed by atoms with Gasteiger partial charge in [-0.15, -0.1) is 10.2 Å². The molecule has 0 fully saturated rings. The molecule has 5 aromatic rings. The molecule has 2 heterocycles. The second-order valence-corrected chi connectivity index (χ2v) is 7.73. The molecular weight excluding hydrogens is 428 g/mol. The molecule has 0 aliphatic rings. The van der Waals surface area contributed by atoms with Gasteiger partial charge < -0.3 is 10.1 Å². The van der Waals surface area contributed by atoms with Gasteiger partial charge in [-0.2, -0.15) is 5.21 Å². The SMILES string of the molecule is CCc1cc(OCc2ccc(-c3ccccc3-c3nn[nH]n3)cc2)c2cc(NC=O)ccc2n1. The van der Waals surface area contributed by atoms with E-state index in [4.69, 9.17) is 4.74 Å². The van der Waals surface area contributed by atoms with Crippen LogP contribution in [0.4, 0.5) is 5.69 Å². The Morgan fingerprint density at radius 2 is 1.82 bits per heavy atom. The second-order valence-electron chi connectivity index (χ2n) is 7.73. The molecule has 0 saturated carbocycles. The predicted molar refractivity (Wildman–Crippen MR) is 130 cm³/mol. The minimum atomic E-state index is 0.403. The molecule has 5 rings (SSSR count). The van der Waals surface area contributed by atoms with E-state index in [0.29, 0.717) is 24.5 Å². The number of carbonyl (C=O) groups excluding carboxylic acids is 1. The predicted octanol–water partition coefficient (Wildman–Crippen LogP) is 4.79. The summed E-state index contributed by atoms with van der Waals surface area (Å²) in [4.78, 5) is 15.5. The van der Waals surface area contributed by atoms with Gasteiger partial charge in [-0.05, 0) is 46.5 Å². The smallest absolute Gasteiger partial charge is 0.211 e. The summed E-state index contributed by atoms with van der Waals surface area (Å²) in [5.74, 6) is 1.30. The van der Waals surface area contributed by atoms with Crippen molar-refractivity contribution in [1.29, 1.82) is 0 Å². The topological polar surface area (TPSA) is 106 Å². The Morgan fingerprint density at radius 1 is 1.00 bits per heavy atom. The first-order valence-corrected chi connectivity index (χ1v) is 10.9. The molecule has 2 aromatic heterocycles. The fourth-order valence-electron chi connectivity index (χ4n) is 3.85. The van der Waals surface area contributed by atoms with E-state index in [0.717, 1.165) is 51.0 Å². The third kappa shape index (κ3) is 4.33. The molecule has 0 aliphatic carbocycles. The lowest BCUT2D eigenvalue weighted by atomic mass is 9.98. The van der Waals surface area contributed by atoms with Gasteiger partial charge in [0.25, 0.3) is 0 Å². The number of H-pyrrole nitrogens is 1. The summed E-state index contributed by atoms with van der Waals surface area (Å²) >= 11 is 0. The number of carbonyl (C=O) groups is 1. The number of pyridine rings is 1. The highest BCUT2D eigenvalue weighted by Crippen LogP contribution is 2.31. The molecule has 168 valence electrons. The number of hydrogen-bond donors (Lipinski definition) is 2. The van der Waals surface area contributed by atoms with Crippen molar-refractivity contribution in [2.24, 2.45) is 0 Å². The third-order valence-corrected chi connectivity index (χ3v) is 5.58. The number of benzene rings is 3. The minimum absolute atomic E-state index is 0.403. The Kier molecular flexibility index (Phi) is 5.94. The van der Waals surface area contributed by atoms with Gasteiger partial charge in [0.2, 0.25) is 12.2 Å². The highest BCUT2D eigenvalue weighted by atomic mass is 16.5. The lowest BCUT2D eigenvalue weighted by molar-refractivity contribution is -0.105. The Hall–Kier alpha value is -4.59. The first-order chi connectivity index (χ1) is 16.7. The Bertz CT molecular complexity index is 1430. The van der Waals surface area contributed by atoms with Gasteiger partial charge in [-0.25, -0.2) is 0 Å². The lowest BCUT2D eigenvalue weighted by Crippen LogP contribution is -2.00. The highest BCUT2D eigenvalue weighted by Gasteiger charge is 2.11. The van der Waals surface area contributed by atoms with Crippen molar-refractivity contribution in [3.05, 3.63) is 84.1 Å². The normalized spacial score (nSPS) is 10.9. The van der Waals surface area contributed by atoms with E-state index < -0.39 is 0 Å². The van der Waals surface area contributed by atoms with Crippen molar-refractivity contribution in [2.75, 3.05) is 5.32 Å². The molecule has 3 aromatic carbocycles. The average Bonchev–Trinajstić information content (AvgIpc) is 3.43. The summed E-state index contributed by atoms with van der Waals surface area (Å²) in [6.07, 6.45) is 1.46. The summed E-state index contributed by atoms with van der Waals surface area (Å²) in [7, 11) is 0. The van der Waals surface area contributed by atoms with Crippen LogP contribution in [-0.2, 0) is 17.8 Å². The fraction of sp³-hybridized carbons (Fsp3) is 0.115. The van der Waals surface area contributed by atoms with Crippen LogP contribution >= 0.6 is 0 Å². The van der Waals surface area contributed by atoms with Crippen molar-refractivity contribution < 1.29 is 9.53 Å². The first-order valence-electron chi connectivity index (χ1n) is 10.9. The van der Waals surface area contributed by atoms with Crippen molar-refractivity contribution in [1.82, 2.24) is 25.6 Å². The van der Waals surface area contributed by atoms with Crippen molar-refractivity contribution in [3.63, 3.8) is 0 Å². The molecule has 0 bridgehead atoms. The molecule has 1 amide bonds. The first kappa shape index (κ1) is 21.3. The zero-order valence-corrected chi connectivity index (χ0v) is 18.5. The van der Waals surface area contributed by atoms with E-state index in [1.54, 1.807) is 0 Å². The highest BCUT2D eigenvalue weighted by molar-refractivity contribution is 5.90. The number of hydrogen-bond acceptors (Lipinski definition) is 6. The van der Waals surface area contributed by atoms with Crippen LogP contribution < -0.4 is 10.1 Å². The van der Waals surface area contributed by atoms with Crippen LogP contribution in [0.1, 0.15) is 18.2 Å². The second kappa shape index (κ2) is 9.50. The summed E-state index contributed by atoms with van der Waals surface area (Å²) in [5, 5.41) is 17.9. The van der Waals surface area contributed by atoms with Gasteiger partial charge in [0.1, 0.15) is 12.4 Å². The maximum absolute atomic E-state index is 10.9. The van der Waals surface area contributed by atoms with Gasteiger partial charge in [-0.1, -0.05) is 55.5 Å². The van der Waals surface area contributed by atoms with Gasteiger partial charge in [-0.3, -0.25) is 9.78 Å². The Balaban J connectivity index is 1.40. The number of aromatic nitrogens is 5. The molecule has 8 heteroatoms. The van der Waals surface area contributed by atoms with Crippen molar-refractivity contribution in [2.45, 2.75) is 20.0 Å². The minimum Gasteiger partial charge on any atom is -0.488 e. The molecular formula is C26H22N6O2. The molecule has 0 radical (unpaired) electrons. The standard InChI is InChI=1S/C26H22N6O2/c1-2-19-14-25(23-13-20(27-16-33)11-12-24(23)28-19)34-15-17-7-9-18(10-8-17)21-5-3-4-6-22(21)26-29-31-32-30-26/h3-14,16H,2,15H2,1H3,(H,27,33)(H,29,30,31,32). The summed E-state index contributed by atoms with van der Waals surface area (Å²) < 4.78 is 6.22. The van der Waals surface area contributed by atoms with Gasteiger partial charge >= 0.3 is 0 Å². The number of aromatic amines is 1. The number of tetrazole rings is 1. The molecule has 0 saturated heterocycles. The van der Waals surface area contributed by atoms with Crippen molar-refractivity contribution >= 4 is 23.0 Å². The van der Waals surface area contributed by atoms with Crippen LogP contribution in [0.2, 0.25) is 0 Å². The Labute approximate surface area is 196 Å². The molecule has 0 unspecified atom stereocenters. The van der Waals surface area contributed by atoms with Crippen LogP contribution in [0.5, 0.6) is 5.75 Å². The Morgan fingerprint density at radius 3 is 2.56 bits per heavy atom. The maximum Gasteiger partial charge on any atom is 0.211 e. The number of nitrogens with one attached hydrogen (secondary N) is 2. The molecule has 0 aliphatic heterocycles. The monoisotopic (exact) mass is 450 g/mol. The maximum atomic E-state index is 10.9. The fourth-order valence-corrected chi connectivity index (χ4v) is 3.85. The van der Waals surface area contributed by atoms with E-state index in [9.17, 15) is 4.79 Å². The lowest BCUT2D eigenvalue weighted by Gasteiger charge is -2.13. The zero-order chi connectivity index (χ0) is 23.3.